The van der Waals surface area contributed by atoms with E-state index in [1.165, 1.54) is 22.3 Å². The van der Waals surface area contributed by atoms with E-state index < -0.39 is 53.5 Å². The summed E-state index contributed by atoms with van der Waals surface area (Å²) in [6, 6.07) is 2.87. The number of thiazole rings is 1. The van der Waals surface area contributed by atoms with Crippen LogP contribution in [0.5, 0.6) is 11.5 Å². The lowest BCUT2D eigenvalue weighted by atomic mass is 10.1. The average molecular weight is 822 g/mol. The number of methoxy groups -OCH3 is 1. The molecule has 57 heavy (non-hydrogen) atoms. The van der Waals surface area contributed by atoms with Crippen LogP contribution in [0.4, 0.5) is 4.79 Å². The molecule has 7 rings (SSSR count). The molecule has 4 fully saturated rings. The number of amides is 3. The Balaban J connectivity index is 1.20. The lowest BCUT2D eigenvalue weighted by Gasteiger charge is -2.29. The van der Waals surface area contributed by atoms with Gasteiger partial charge in [0.15, 0.2) is 0 Å². The van der Waals surface area contributed by atoms with Crippen LogP contribution in [0.1, 0.15) is 64.5 Å². The number of nitrogens with one attached hydrogen (secondary N) is 2. The number of carbonyl (C=O) groups excluding carboxylic acids is 3. The molecule has 4 aliphatic rings. The predicted octanol–water partition coefficient (Wildman–Crippen LogP) is 6.12. The molecular formula is C41H48ClN5O9S. The molecule has 1 unspecified atom stereocenters. The van der Waals surface area contributed by atoms with Crippen LogP contribution in [0.25, 0.3) is 21.6 Å². The number of hydrogen-bond donors (Lipinski definition) is 3. The van der Waals surface area contributed by atoms with Crippen LogP contribution in [0, 0.1) is 17.8 Å². The van der Waals surface area contributed by atoms with Crippen molar-refractivity contribution in [1.29, 1.82) is 0 Å². The Hall–Kier alpha value is -4.73. The van der Waals surface area contributed by atoms with Gasteiger partial charge in [0.2, 0.25) is 11.8 Å². The fourth-order valence-corrected chi connectivity index (χ4v) is 9.13. The molecule has 0 spiro atoms. The highest BCUT2D eigenvalue weighted by molar-refractivity contribution is 7.13. The molecule has 3 saturated carbocycles. The Bertz CT molecular complexity index is 2100. The normalized spacial score (nSPS) is 26.4. The molecule has 2 aromatic heterocycles. The molecular weight excluding hydrogens is 774 g/mol. The zero-order chi connectivity index (χ0) is 40.8. The number of fused-ring (bicyclic) bond motifs is 2. The maximum Gasteiger partial charge on any atom is 0.408 e. The van der Waals surface area contributed by atoms with E-state index in [4.69, 9.17) is 40.5 Å². The first kappa shape index (κ1) is 40.5. The molecule has 3 amide bonds. The van der Waals surface area contributed by atoms with Crippen molar-refractivity contribution in [3.05, 3.63) is 59.1 Å². The highest BCUT2D eigenvalue weighted by Crippen LogP contribution is 2.52. The summed E-state index contributed by atoms with van der Waals surface area (Å²) in [5.74, 6) is -0.805. The lowest BCUT2D eigenvalue weighted by molar-refractivity contribution is -0.145. The first-order chi connectivity index (χ1) is 27.2. The standard InChI is InChI=1S/C41H48ClN5O9S/c1-7-24-17-41(24,39(50)51)46-36(48)30-15-26(18-47(30)38(49)34(21(4)5)45-40(52)56-25-13-22-12-23(22)14-25)55-32-16-28(37-44-29(19-57-37)20(2)3)43-35-27(32)8-9-31(33(35)42)54-11-10-53-6/h7-9,16,19-20,22-26,30,34H,1,4,10-15,17-18H2,2-3,5-6H3,(H,45,52)(H,46,48)(H,50,51)/t22-,23+,24-,25?,26-,30+,34+,41-/m1/s1. The van der Waals surface area contributed by atoms with Crippen molar-refractivity contribution in [1.82, 2.24) is 25.5 Å². The van der Waals surface area contributed by atoms with Gasteiger partial charge >= 0.3 is 12.1 Å². The second-order valence-corrected chi connectivity index (χ2v) is 17.1. The molecule has 8 atom stereocenters. The summed E-state index contributed by atoms with van der Waals surface area (Å²) < 4.78 is 23.4. The van der Waals surface area contributed by atoms with Gasteiger partial charge in [-0.2, -0.15) is 0 Å². The first-order valence-corrected chi connectivity index (χ1v) is 20.5. The van der Waals surface area contributed by atoms with E-state index in [9.17, 15) is 24.3 Å². The average Bonchev–Trinajstić information content (AvgIpc) is 3.81. The van der Waals surface area contributed by atoms with Gasteiger partial charge in [-0.3, -0.25) is 9.59 Å². The molecule has 3 aromatic rings. The summed E-state index contributed by atoms with van der Waals surface area (Å²) in [4.78, 5) is 65.0. The smallest absolute Gasteiger partial charge is 0.408 e. The third-order valence-electron chi connectivity index (χ3n) is 11.4. The van der Waals surface area contributed by atoms with Crippen LogP contribution >= 0.6 is 22.9 Å². The van der Waals surface area contributed by atoms with Crippen molar-refractivity contribution in [2.24, 2.45) is 17.8 Å². The second-order valence-electron chi connectivity index (χ2n) is 15.8. The van der Waals surface area contributed by atoms with Crippen molar-refractivity contribution >= 4 is 57.7 Å². The maximum absolute atomic E-state index is 14.4. The molecule has 304 valence electrons. The fraction of sp³-hybridized carbons (Fsp3) is 0.512. The summed E-state index contributed by atoms with van der Waals surface area (Å²) in [5, 5.41) is 18.9. The zero-order valence-corrected chi connectivity index (χ0v) is 34.0. The number of hydrogen-bond acceptors (Lipinski definition) is 11. The number of aliphatic carboxylic acids is 1. The quantitative estimate of drug-likeness (QED) is 0.112. The third kappa shape index (κ3) is 8.33. The van der Waals surface area contributed by atoms with E-state index in [1.54, 1.807) is 32.2 Å². The number of ether oxygens (including phenoxy) is 4. The zero-order valence-electron chi connectivity index (χ0n) is 32.4. The van der Waals surface area contributed by atoms with E-state index in [0.29, 0.717) is 57.1 Å². The number of likely N-dealkylation sites (tertiary alicyclic amines) is 1. The molecule has 1 aliphatic heterocycles. The van der Waals surface area contributed by atoms with Gasteiger partial charge in [-0.15, -0.1) is 17.9 Å². The molecule has 16 heteroatoms. The fourth-order valence-electron chi connectivity index (χ4n) is 7.92. The largest absolute Gasteiger partial charge is 0.490 e. The van der Waals surface area contributed by atoms with Gasteiger partial charge in [0, 0.05) is 36.3 Å². The summed E-state index contributed by atoms with van der Waals surface area (Å²) in [7, 11) is 1.57. The van der Waals surface area contributed by atoms with Gasteiger partial charge in [-0.25, -0.2) is 19.6 Å². The number of benzene rings is 1. The maximum atomic E-state index is 14.4. The number of carboxylic acid groups (broad SMARTS) is 1. The molecule has 3 heterocycles. The number of aromatic nitrogens is 2. The molecule has 3 N–H and O–H groups in total. The van der Waals surface area contributed by atoms with E-state index >= 15 is 0 Å². The number of rotatable bonds is 16. The van der Waals surface area contributed by atoms with Crippen molar-refractivity contribution in [2.75, 3.05) is 26.9 Å². The number of halogens is 1. The topological polar surface area (TPSA) is 179 Å². The number of carboxylic acids is 1. The molecule has 1 saturated heterocycles. The van der Waals surface area contributed by atoms with Crippen LogP contribution in [-0.2, 0) is 23.9 Å². The van der Waals surface area contributed by atoms with Gasteiger partial charge in [0.1, 0.15) is 63.7 Å². The number of nitrogens with zero attached hydrogens (tertiary/aromatic N) is 3. The van der Waals surface area contributed by atoms with Crippen LogP contribution in [0.2, 0.25) is 5.02 Å². The highest BCUT2D eigenvalue weighted by Gasteiger charge is 2.61. The van der Waals surface area contributed by atoms with Crippen LogP contribution in [-0.4, -0.2) is 101 Å². The van der Waals surface area contributed by atoms with Crippen molar-refractivity contribution in [3.8, 4) is 22.2 Å². The van der Waals surface area contributed by atoms with Gasteiger partial charge in [0.05, 0.1) is 24.4 Å². The van der Waals surface area contributed by atoms with Crippen molar-refractivity contribution < 1.29 is 43.2 Å². The van der Waals surface area contributed by atoms with E-state index in [-0.39, 0.29) is 43.0 Å². The molecule has 0 bridgehead atoms. The van der Waals surface area contributed by atoms with E-state index in [0.717, 1.165) is 25.0 Å². The van der Waals surface area contributed by atoms with E-state index in [2.05, 4.69) is 37.6 Å². The summed E-state index contributed by atoms with van der Waals surface area (Å²) >= 11 is 8.35. The predicted molar refractivity (Wildman–Crippen MR) is 214 cm³/mol. The highest BCUT2D eigenvalue weighted by atomic mass is 35.5. The number of carbonyl (C=O) groups is 4. The number of alkyl carbamates (subject to hydrolysis) is 1. The van der Waals surface area contributed by atoms with Gasteiger partial charge in [-0.1, -0.05) is 38.1 Å². The second kappa shape index (κ2) is 16.3. The monoisotopic (exact) mass is 821 g/mol. The lowest BCUT2D eigenvalue weighted by Crippen LogP contribution is -2.56. The molecule has 1 aromatic carbocycles. The SMILES string of the molecule is C=C[C@@H]1C[C@]1(NC(=O)[C@@H]1C[C@@H](Oc2cc(-c3nc(C(C)C)cs3)nc3c(Cl)c(OCCOC)ccc23)CN1C(=O)[C@@H](NC(=O)OC1C[C@@H]2C[C@@H]2C1)C(=C)C)C(=O)O. The van der Waals surface area contributed by atoms with Gasteiger partial charge in [-0.05, 0) is 68.1 Å². The summed E-state index contributed by atoms with van der Waals surface area (Å²) in [5.41, 5.74) is 0.597. The minimum absolute atomic E-state index is 0.00405. The molecule has 0 radical (unpaired) electrons. The Morgan fingerprint density at radius 1 is 1.11 bits per heavy atom. The summed E-state index contributed by atoms with van der Waals surface area (Å²) in [6.07, 6.45) is 2.70. The number of pyridine rings is 1. The minimum Gasteiger partial charge on any atom is -0.490 e. The first-order valence-electron chi connectivity index (χ1n) is 19.2. The van der Waals surface area contributed by atoms with Gasteiger partial charge < -0.3 is 39.6 Å². The van der Waals surface area contributed by atoms with Crippen LogP contribution in [0.3, 0.4) is 0 Å². The Labute approximate surface area is 339 Å². The third-order valence-corrected chi connectivity index (χ3v) is 12.6. The Morgan fingerprint density at radius 2 is 1.86 bits per heavy atom. The van der Waals surface area contributed by atoms with Crippen LogP contribution in [0.15, 0.2) is 48.4 Å². The molecule has 14 nitrogen and oxygen atoms in total. The van der Waals surface area contributed by atoms with Crippen molar-refractivity contribution in [2.45, 2.75) is 88.6 Å². The summed E-state index contributed by atoms with van der Waals surface area (Å²) in [6.45, 7) is 13.9. The Kier molecular flexibility index (Phi) is 11.5. The molecule has 3 aliphatic carbocycles. The van der Waals surface area contributed by atoms with Gasteiger partial charge in [0.25, 0.3) is 0 Å². The minimum atomic E-state index is -1.54. The van der Waals surface area contributed by atoms with Crippen LogP contribution < -0.4 is 20.1 Å². The van der Waals surface area contributed by atoms with E-state index in [1.807, 2.05) is 5.38 Å². The van der Waals surface area contributed by atoms with Crippen molar-refractivity contribution in [3.63, 3.8) is 0 Å². The Morgan fingerprint density at radius 3 is 2.49 bits per heavy atom.